The molecule has 21 heterocycles. The Kier molecular flexibility index (Phi) is 23.8. The van der Waals surface area contributed by atoms with E-state index in [-0.39, 0.29) is 4.65 Å². The summed E-state index contributed by atoms with van der Waals surface area (Å²) >= 11 is 0. The normalized spacial score (nSPS) is 52.0. The highest BCUT2D eigenvalue weighted by molar-refractivity contribution is 5.02. The third kappa shape index (κ3) is 14.2. The lowest BCUT2D eigenvalue weighted by atomic mass is 9.95. The molecule has 20 N–H and O–H groups in total. The van der Waals surface area contributed by atoms with Crippen LogP contribution in [-0.4, -0.2) is 389 Å². The summed E-state index contributed by atoms with van der Waals surface area (Å²) in [6.07, 6.45) is -68.1. The summed E-state index contributed by atoms with van der Waals surface area (Å²) in [6.45, 7) is -4.33. The largest absolute Gasteiger partial charge is 0.394 e. The van der Waals surface area contributed by atoms with Crippen molar-refractivity contribution in [2.75, 3.05) is 66.9 Å². The van der Waals surface area contributed by atoms with Crippen LogP contribution in [0.1, 0.15) is 19.8 Å². The van der Waals surface area contributed by atoms with Gasteiger partial charge in [-0.05, 0) is 6.42 Å². The molecule has 84 heavy (non-hydrogen) atoms. The van der Waals surface area contributed by atoms with Crippen LogP contribution in [0.4, 0.5) is 0 Å². The molecule has 36 heteroatoms. The molecule has 0 amide bonds. The number of hydrogen-bond donors (Lipinski definition) is 20. The van der Waals surface area contributed by atoms with Crippen molar-refractivity contribution < 1.29 is 178 Å². The van der Waals surface area contributed by atoms with E-state index in [9.17, 15) is 102 Å². The van der Waals surface area contributed by atoms with Crippen LogP contribution in [0.25, 0.3) is 0 Å². The summed E-state index contributed by atoms with van der Waals surface area (Å²) in [6, 6.07) is 0. The number of nitrogens with zero attached hydrogens (tertiary/aromatic N) is 1. The van der Waals surface area contributed by atoms with Crippen LogP contribution in [0.3, 0.4) is 0 Å². The summed E-state index contributed by atoms with van der Waals surface area (Å²) in [7, 11) is 3.37. The fourth-order valence-electron chi connectivity index (χ4n) is 11.3. The number of hydrogen-bond acceptors (Lipinski definition) is 35. The first-order valence-electron chi connectivity index (χ1n) is 27.7. The Morgan fingerprint density at radius 3 is 0.631 bits per heavy atom. The summed E-state index contributed by atoms with van der Waals surface area (Å²) in [5.41, 5.74) is 0. The molecule has 21 aliphatic rings. The molecule has 0 saturated carbocycles. The molecule has 0 aromatic rings. The maximum Gasteiger partial charge on any atom is 0.187 e. The molecule has 0 aliphatic carbocycles. The summed E-state index contributed by atoms with van der Waals surface area (Å²) in [5.74, 6) is 0. The molecule has 0 radical (unpaired) electrons. The number of rotatable bonds is 12. The number of quaternary nitrogens is 1. The minimum absolute atomic E-state index is 0.115. The zero-order chi connectivity index (χ0) is 61.4. The van der Waals surface area contributed by atoms with Crippen molar-refractivity contribution in [3.05, 3.63) is 0 Å². The fraction of sp³-hybridized carbons (Fsp3) is 1.00. The molecular weight excluding hydrogens is 1150 g/mol. The second-order valence-electron chi connectivity index (χ2n) is 22.4. The molecule has 21 rings (SSSR count). The first-order chi connectivity index (χ1) is 39.9. The zero-order valence-corrected chi connectivity index (χ0v) is 45.8. The Morgan fingerprint density at radius 2 is 0.452 bits per heavy atom. The van der Waals surface area contributed by atoms with Gasteiger partial charge in [0.05, 0.1) is 53.7 Å². The molecule has 21 fully saturated rings. The Labute approximate surface area is 478 Å². The Balaban J connectivity index is 1.10. The van der Waals surface area contributed by atoms with Crippen molar-refractivity contribution >= 4 is 0 Å². The second-order valence-corrected chi connectivity index (χ2v) is 22.4. The van der Waals surface area contributed by atoms with E-state index in [1.807, 2.05) is 6.92 Å². The van der Waals surface area contributed by atoms with Crippen molar-refractivity contribution in [3.63, 3.8) is 0 Å². The van der Waals surface area contributed by atoms with Gasteiger partial charge >= 0.3 is 0 Å². The van der Waals surface area contributed by atoms with E-state index in [0.29, 0.717) is 13.0 Å². The molecule has 490 valence electrons. The first-order valence-corrected chi connectivity index (χ1v) is 27.7. The van der Waals surface area contributed by atoms with Crippen LogP contribution in [0.15, 0.2) is 0 Å². The second kappa shape index (κ2) is 29.2. The minimum Gasteiger partial charge on any atom is -0.394 e. The van der Waals surface area contributed by atoms with Gasteiger partial charge in [-0.1, -0.05) is 13.3 Å². The van der Waals surface area contributed by atoms with Gasteiger partial charge in [0.25, 0.3) is 0 Å². The van der Waals surface area contributed by atoms with E-state index >= 15 is 0 Å². The number of aliphatic hydroxyl groups excluding tert-OH is 20. The van der Waals surface area contributed by atoms with Crippen LogP contribution in [0, 0.1) is 0 Å². The molecule has 0 unspecified atom stereocenters. The maximum absolute atomic E-state index is 11.8. The lowest BCUT2D eigenvalue weighted by molar-refractivity contribution is -1.08. The minimum atomic E-state index is -2.21. The van der Waals surface area contributed by atoms with Gasteiger partial charge in [-0.15, -0.1) is 0 Å². The average molecular weight is 1240 g/mol. The number of aliphatic hydroxyl groups is 20. The van der Waals surface area contributed by atoms with Crippen LogP contribution in [0.2, 0.25) is 0 Å². The predicted octanol–water partition coefficient (Wildman–Crippen LogP) is -13.4. The molecule has 35 atom stereocenters. The highest BCUT2D eigenvalue weighted by Gasteiger charge is 2.60. The highest BCUT2D eigenvalue weighted by Crippen LogP contribution is 2.39. The van der Waals surface area contributed by atoms with Crippen molar-refractivity contribution in [2.24, 2.45) is 0 Å². The number of unbranched alkanes of at least 4 members (excludes halogenated alkanes) is 1. The molecule has 0 spiro atoms. The van der Waals surface area contributed by atoms with Crippen LogP contribution in [-0.2, 0) is 71.2 Å². The van der Waals surface area contributed by atoms with Gasteiger partial charge in [-0.3, -0.25) is 0 Å². The third-order valence-electron chi connectivity index (χ3n) is 16.2. The average Bonchev–Trinajstić information content (AvgIpc) is 1.82. The lowest BCUT2D eigenvalue weighted by Gasteiger charge is -2.50. The zero-order valence-electron chi connectivity index (χ0n) is 45.8. The van der Waals surface area contributed by atoms with Gasteiger partial charge in [0.1, 0.15) is 184 Å². The molecule has 0 aromatic heterocycles. The van der Waals surface area contributed by atoms with Gasteiger partial charge in [-0.2, -0.15) is 4.65 Å². The van der Waals surface area contributed by atoms with E-state index in [4.69, 9.17) is 71.2 Å². The van der Waals surface area contributed by atoms with Crippen LogP contribution >= 0.6 is 0 Å². The summed E-state index contributed by atoms with van der Waals surface area (Å²) in [4.78, 5) is 6.14. The Bertz CT molecular complexity index is 2000. The summed E-state index contributed by atoms with van der Waals surface area (Å²) < 4.78 is 81.2. The highest BCUT2D eigenvalue weighted by atomic mass is 16.8. The topological polar surface area (TPSA) is 543 Å². The SMILES string of the molecule is CCCC[N+](C)(C)OC[C@H]1O[C@@H]2O[C@H]3[C@H](O)[C@@H](O)[C@@H](O[C@H]4[C@H](O)[C@@H](O)[C@@H](O[C@H]5[C@H](O)[C@@H](O)[C@@H](O[C@H]6[C@H](O)[C@@H](O)[C@@H](O[C@H]7[C@H](O)[C@@H](O)[C@@H](O[C@H]8[C@H](O)[C@@H](O)[C@@H](O[C@H]1[C@H](O)[C@H]2O)O[C@@H]8CO)O[C@@H]7CO)O[C@@H]6CO)O[C@@H]5CO)O[C@@H]4CO)O[C@@H]3CO. The molecule has 36 nitrogen and oxygen atoms in total. The smallest absolute Gasteiger partial charge is 0.187 e. The van der Waals surface area contributed by atoms with Crippen molar-refractivity contribution in [3.8, 4) is 0 Å². The maximum atomic E-state index is 11.8. The van der Waals surface area contributed by atoms with Gasteiger partial charge in [0.2, 0.25) is 0 Å². The number of ether oxygens (including phenoxy) is 14. The fourth-order valence-corrected chi connectivity index (χ4v) is 11.3. The van der Waals surface area contributed by atoms with E-state index in [0.717, 1.165) is 6.42 Å². The Morgan fingerprint density at radius 1 is 0.274 bits per heavy atom. The van der Waals surface area contributed by atoms with Crippen molar-refractivity contribution in [2.45, 2.75) is 235 Å². The van der Waals surface area contributed by atoms with Crippen molar-refractivity contribution in [1.82, 2.24) is 0 Å². The quantitative estimate of drug-likeness (QED) is 0.0637. The van der Waals surface area contributed by atoms with Gasteiger partial charge in [0.15, 0.2) is 44.0 Å². The van der Waals surface area contributed by atoms with Gasteiger partial charge < -0.3 is 168 Å². The lowest BCUT2D eigenvalue weighted by Crippen LogP contribution is -2.68. The monoisotopic (exact) mass is 1230 g/mol. The van der Waals surface area contributed by atoms with Crippen molar-refractivity contribution in [1.29, 1.82) is 0 Å². The molecule has 21 aliphatic heterocycles. The van der Waals surface area contributed by atoms with E-state index in [1.54, 1.807) is 14.1 Å². The van der Waals surface area contributed by atoms with Crippen LogP contribution in [0.5, 0.6) is 0 Å². The van der Waals surface area contributed by atoms with Gasteiger partial charge in [0, 0.05) is 0 Å². The third-order valence-corrected chi connectivity index (χ3v) is 16.2. The van der Waals surface area contributed by atoms with Gasteiger partial charge in [-0.25, -0.2) is 4.84 Å². The van der Waals surface area contributed by atoms with Crippen LogP contribution < -0.4 is 0 Å². The van der Waals surface area contributed by atoms with E-state index in [2.05, 4.69) is 0 Å². The van der Waals surface area contributed by atoms with E-state index < -0.39 is 261 Å². The molecule has 0 aromatic carbocycles. The standard InChI is InChI=1S/C48H84NO35/c1-4-5-6-49(2,3)70-13-20-41-27(62)34(69)48(77-20)83-40-19(12-55)75-46(32(67)25(40)60)81-38-17(10-53)73-44(30(65)23(38)58)79-36-15(8-51)71-42(28(63)21(36)56)78-35-14(7-50)72-43(29(64)22(35)57)80-37-16(9-52)74-45(31(66)24(37)59)82-39-18(11-54)76-47(84-41)33(68)26(39)61/h14-48,50-69H,4-13H2,1-3H3/q+1/t14-,15-,16-,17-,18-,19-,20-,21-,22-,23-,24-,25-,26-,27-,28-,29-,30-,31-,32-,33-,34-,35-,36-,37-,38-,39-,40-,41-,42-,43-,44-,45-,46-,47-,48-/m1/s1. The molecule has 14 bridgehead atoms. The molecule has 21 saturated heterocycles. The number of hydroxylamine groups is 3. The molecular formula is C48H84NO35+. The Hall–Kier alpha value is -1.44. The van der Waals surface area contributed by atoms with E-state index in [1.165, 1.54) is 0 Å². The predicted molar refractivity (Wildman–Crippen MR) is 259 cm³/mol. The first kappa shape index (κ1) is 68.5. The summed E-state index contributed by atoms with van der Waals surface area (Å²) in [5, 5.41) is 223.